The van der Waals surface area contributed by atoms with Gasteiger partial charge in [-0.1, -0.05) is 61.4 Å². The fourth-order valence-electron chi connectivity index (χ4n) is 5.78. The number of amides is 2. The van der Waals surface area contributed by atoms with Crippen LogP contribution in [0.15, 0.2) is 48.5 Å². The maximum absolute atomic E-state index is 12.8. The Morgan fingerprint density at radius 1 is 0.971 bits per heavy atom. The Balaban J connectivity index is 1.17. The number of ether oxygens (including phenoxy) is 1. The molecule has 3 atom stereocenters. The van der Waals surface area contributed by atoms with Crippen LogP contribution in [0, 0.1) is 17.8 Å². The summed E-state index contributed by atoms with van der Waals surface area (Å²) in [5, 5.41) is 14.9. The number of carboxylic acids is 1. The zero-order valence-corrected chi connectivity index (χ0v) is 19.7. The maximum atomic E-state index is 12.8. The molecule has 2 amide bonds. The van der Waals surface area contributed by atoms with Crippen LogP contribution in [0.4, 0.5) is 4.79 Å². The number of carbonyl (C=O) groups excluding carboxylic acids is 2. The number of fused-ring (bicyclic) bond motifs is 3. The summed E-state index contributed by atoms with van der Waals surface area (Å²) < 4.78 is 5.71. The number of benzene rings is 2. The predicted molar refractivity (Wildman–Crippen MR) is 131 cm³/mol. The SMILES string of the molecule is O=C(CC(NC(=O)OCC1c2ccccc2-c2ccccc21)C1CCCC1)NC[C@H]1C[C@H]1C(=O)O. The monoisotopic (exact) mass is 476 g/mol. The molecule has 2 aromatic rings. The Kier molecular flexibility index (Phi) is 6.75. The van der Waals surface area contributed by atoms with E-state index in [1.54, 1.807) is 0 Å². The molecule has 3 N–H and O–H groups in total. The Morgan fingerprint density at radius 2 is 1.60 bits per heavy atom. The lowest BCUT2D eigenvalue weighted by Crippen LogP contribution is -2.44. The summed E-state index contributed by atoms with van der Waals surface area (Å²) in [6, 6.07) is 16.1. The van der Waals surface area contributed by atoms with Crippen molar-refractivity contribution in [3.8, 4) is 11.1 Å². The van der Waals surface area contributed by atoms with Gasteiger partial charge >= 0.3 is 12.1 Å². The average molecular weight is 477 g/mol. The van der Waals surface area contributed by atoms with Crippen LogP contribution in [-0.4, -0.2) is 42.3 Å². The second kappa shape index (κ2) is 10.1. The molecule has 0 aliphatic heterocycles. The van der Waals surface area contributed by atoms with E-state index >= 15 is 0 Å². The van der Waals surface area contributed by atoms with E-state index < -0.39 is 12.1 Å². The minimum Gasteiger partial charge on any atom is -0.481 e. The fourth-order valence-corrected chi connectivity index (χ4v) is 5.78. The topological polar surface area (TPSA) is 105 Å². The third kappa shape index (κ3) is 5.19. The molecule has 3 aliphatic rings. The summed E-state index contributed by atoms with van der Waals surface area (Å²) in [5.74, 6) is -1.06. The van der Waals surface area contributed by atoms with Crippen LogP contribution in [-0.2, 0) is 14.3 Å². The first-order chi connectivity index (χ1) is 17.0. The first kappa shape index (κ1) is 23.4. The summed E-state index contributed by atoms with van der Waals surface area (Å²) in [6.07, 6.45) is 4.44. The highest BCUT2D eigenvalue weighted by Gasteiger charge is 2.43. The highest BCUT2D eigenvalue weighted by atomic mass is 16.5. The molecule has 2 fully saturated rings. The van der Waals surface area contributed by atoms with Gasteiger partial charge in [0, 0.05) is 24.9 Å². The molecule has 0 radical (unpaired) electrons. The van der Waals surface area contributed by atoms with Gasteiger partial charge in [-0.25, -0.2) is 4.79 Å². The van der Waals surface area contributed by atoms with Gasteiger partial charge in [0.2, 0.25) is 5.91 Å². The van der Waals surface area contributed by atoms with Crippen molar-refractivity contribution in [3.05, 3.63) is 59.7 Å². The molecule has 7 heteroatoms. The van der Waals surface area contributed by atoms with E-state index in [0.29, 0.717) is 13.0 Å². The van der Waals surface area contributed by atoms with Crippen molar-refractivity contribution in [1.82, 2.24) is 10.6 Å². The molecule has 2 aromatic carbocycles. The van der Waals surface area contributed by atoms with Crippen LogP contribution >= 0.6 is 0 Å². The molecule has 5 rings (SSSR count). The van der Waals surface area contributed by atoms with Crippen LogP contribution in [0.2, 0.25) is 0 Å². The molecule has 0 spiro atoms. The molecule has 0 saturated heterocycles. The van der Waals surface area contributed by atoms with Gasteiger partial charge < -0.3 is 20.5 Å². The van der Waals surface area contributed by atoms with Crippen LogP contribution in [0.3, 0.4) is 0 Å². The second-order valence-corrected chi connectivity index (χ2v) is 10.1. The largest absolute Gasteiger partial charge is 0.481 e. The lowest BCUT2D eigenvalue weighted by molar-refractivity contribution is -0.139. The second-order valence-electron chi connectivity index (χ2n) is 10.1. The summed E-state index contributed by atoms with van der Waals surface area (Å²) in [4.78, 5) is 36.4. The lowest BCUT2D eigenvalue weighted by Gasteiger charge is -2.24. The zero-order valence-electron chi connectivity index (χ0n) is 19.7. The molecule has 0 bridgehead atoms. The van der Waals surface area contributed by atoms with Gasteiger partial charge in [-0.2, -0.15) is 0 Å². The normalized spacial score (nSPS) is 21.6. The van der Waals surface area contributed by atoms with Gasteiger partial charge in [-0.05, 0) is 53.4 Å². The number of aliphatic carboxylic acids is 1. The number of nitrogens with one attached hydrogen (secondary N) is 2. The Bertz CT molecular complexity index is 1060. The Labute approximate surface area is 205 Å². The van der Waals surface area contributed by atoms with Gasteiger partial charge in [-0.3, -0.25) is 9.59 Å². The van der Waals surface area contributed by atoms with E-state index in [4.69, 9.17) is 9.84 Å². The maximum Gasteiger partial charge on any atom is 0.407 e. The molecular weight excluding hydrogens is 444 g/mol. The van der Waals surface area contributed by atoms with Crippen molar-refractivity contribution < 1.29 is 24.2 Å². The van der Waals surface area contributed by atoms with Gasteiger partial charge in [0.05, 0.1) is 5.92 Å². The van der Waals surface area contributed by atoms with Crippen molar-refractivity contribution in [3.63, 3.8) is 0 Å². The zero-order chi connectivity index (χ0) is 24.4. The van der Waals surface area contributed by atoms with Gasteiger partial charge in [0.25, 0.3) is 0 Å². The summed E-state index contributed by atoms with van der Waals surface area (Å²) >= 11 is 0. The van der Waals surface area contributed by atoms with E-state index in [-0.39, 0.29) is 48.6 Å². The molecule has 0 heterocycles. The number of carbonyl (C=O) groups is 3. The molecule has 184 valence electrons. The quantitative estimate of drug-likeness (QED) is 0.500. The summed E-state index contributed by atoms with van der Waals surface area (Å²) in [5.41, 5.74) is 4.68. The first-order valence-electron chi connectivity index (χ1n) is 12.6. The molecule has 35 heavy (non-hydrogen) atoms. The van der Waals surface area contributed by atoms with Crippen molar-refractivity contribution in [1.29, 1.82) is 0 Å². The highest BCUT2D eigenvalue weighted by Crippen LogP contribution is 2.44. The lowest BCUT2D eigenvalue weighted by atomic mass is 9.95. The standard InChI is InChI=1S/C28H32N2O5/c31-26(29-15-18-13-23(18)27(32)33)14-25(17-7-1-2-8-17)30-28(34)35-16-24-21-11-5-3-9-19(21)20-10-4-6-12-22(20)24/h3-6,9-12,17-18,23-25H,1-2,7-8,13-16H2,(H,29,31)(H,30,34)(H,32,33)/t18-,23-,25?/m1/s1. The minimum atomic E-state index is -0.801. The number of hydrogen-bond donors (Lipinski definition) is 3. The summed E-state index contributed by atoms with van der Waals surface area (Å²) in [6.45, 7) is 0.611. The predicted octanol–water partition coefficient (Wildman–Crippen LogP) is 4.31. The van der Waals surface area contributed by atoms with Crippen molar-refractivity contribution in [2.45, 2.75) is 50.5 Å². The Morgan fingerprint density at radius 3 is 2.20 bits per heavy atom. The van der Waals surface area contributed by atoms with Gasteiger partial charge in [0.15, 0.2) is 0 Å². The first-order valence-corrected chi connectivity index (χ1v) is 12.6. The molecule has 1 unspecified atom stereocenters. The average Bonchev–Trinajstić information content (AvgIpc) is 3.30. The van der Waals surface area contributed by atoms with Crippen LogP contribution < -0.4 is 10.6 Å². The van der Waals surface area contributed by atoms with Crippen molar-refractivity contribution in [2.24, 2.45) is 17.8 Å². The molecule has 2 saturated carbocycles. The van der Waals surface area contributed by atoms with Crippen LogP contribution in [0.5, 0.6) is 0 Å². The number of carboxylic acid groups (broad SMARTS) is 1. The van der Waals surface area contributed by atoms with Gasteiger partial charge in [0.1, 0.15) is 6.61 Å². The Hall–Kier alpha value is -3.35. The van der Waals surface area contributed by atoms with Crippen LogP contribution in [0.1, 0.15) is 55.6 Å². The van der Waals surface area contributed by atoms with Gasteiger partial charge in [-0.15, -0.1) is 0 Å². The molecule has 7 nitrogen and oxygen atoms in total. The highest BCUT2D eigenvalue weighted by molar-refractivity contribution is 5.80. The third-order valence-corrected chi connectivity index (χ3v) is 7.82. The number of hydrogen-bond acceptors (Lipinski definition) is 4. The van der Waals surface area contributed by atoms with Crippen molar-refractivity contribution in [2.75, 3.05) is 13.2 Å². The molecule has 0 aromatic heterocycles. The van der Waals surface area contributed by atoms with E-state index in [1.165, 1.54) is 11.1 Å². The minimum absolute atomic E-state index is 0.0106. The van der Waals surface area contributed by atoms with E-state index in [1.807, 2.05) is 24.3 Å². The third-order valence-electron chi connectivity index (χ3n) is 7.82. The van der Waals surface area contributed by atoms with E-state index in [2.05, 4.69) is 34.9 Å². The van der Waals surface area contributed by atoms with Crippen molar-refractivity contribution >= 4 is 18.0 Å². The number of rotatable bonds is 9. The number of alkyl carbamates (subject to hydrolysis) is 1. The molecule has 3 aliphatic carbocycles. The van der Waals surface area contributed by atoms with E-state index in [0.717, 1.165) is 36.8 Å². The smallest absolute Gasteiger partial charge is 0.407 e. The summed E-state index contributed by atoms with van der Waals surface area (Å²) in [7, 11) is 0. The van der Waals surface area contributed by atoms with Crippen LogP contribution in [0.25, 0.3) is 11.1 Å². The fraction of sp³-hybridized carbons (Fsp3) is 0.464. The van der Waals surface area contributed by atoms with E-state index in [9.17, 15) is 14.4 Å². The molecular formula is C28H32N2O5.